The van der Waals surface area contributed by atoms with E-state index < -0.39 is 6.23 Å². The first-order valence-corrected chi connectivity index (χ1v) is 9.74. The SMILES string of the molecule is COC[C@H]1O[C@@H](N2C(=O)N(C)C(=O)[C@H]3C=C4CCCCC4=C[C@H]32)C[C@@H]1OC. The maximum atomic E-state index is 13.0. The van der Waals surface area contributed by atoms with Crippen LogP contribution < -0.4 is 0 Å². The molecule has 2 heterocycles. The van der Waals surface area contributed by atoms with Gasteiger partial charge in [0.25, 0.3) is 0 Å². The normalized spacial score (nSPS) is 36.3. The number of carbonyl (C=O) groups is 2. The van der Waals surface area contributed by atoms with Crippen molar-refractivity contribution in [2.24, 2.45) is 5.92 Å². The van der Waals surface area contributed by atoms with Crippen LogP contribution in [0.25, 0.3) is 0 Å². The summed E-state index contributed by atoms with van der Waals surface area (Å²) in [4.78, 5) is 28.8. The van der Waals surface area contributed by atoms with Gasteiger partial charge in [-0.1, -0.05) is 12.2 Å². The van der Waals surface area contributed by atoms with Crippen molar-refractivity contribution in [3.8, 4) is 0 Å². The summed E-state index contributed by atoms with van der Waals surface area (Å²) in [7, 11) is 4.83. The minimum atomic E-state index is -0.430. The van der Waals surface area contributed by atoms with E-state index in [-0.39, 0.29) is 36.1 Å². The van der Waals surface area contributed by atoms with E-state index in [1.54, 1.807) is 26.2 Å². The number of fused-ring (bicyclic) bond motifs is 2. The average molecular weight is 376 g/mol. The molecule has 2 aliphatic heterocycles. The molecule has 0 radical (unpaired) electrons. The number of allylic oxidation sites excluding steroid dienone is 2. The zero-order chi connectivity index (χ0) is 19.1. The molecule has 0 aromatic carbocycles. The molecule has 7 heteroatoms. The Morgan fingerprint density at radius 2 is 1.85 bits per heavy atom. The molecule has 7 nitrogen and oxygen atoms in total. The average Bonchev–Trinajstić information content (AvgIpc) is 3.08. The molecule has 2 aliphatic carbocycles. The van der Waals surface area contributed by atoms with Crippen molar-refractivity contribution in [2.45, 2.75) is 56.6 Å². The molecular formula is C20H28N2O5. The monoisotopic (exact) mass is 376 g/mol. The summed E-state index contributed by atoms with van der Waals surface area (Å²) in [5.74, 6) is -0.472. The molecule has 4 rings (SSSR count). The van der Waals surface area contributed by atoms with Gasteiger partial charge < -0.3 is 14.2 Å². The molecular weight excluding hydrogens is 348 g/mol. The molecule has 3 fully saturated rings. The van der Waals surface area contributed by atoms with Gasteiger partial charge in [-0.3, -0.25) is 14.6 Å². The largest absolute Gasteiger partial charge is 0.382 e. The molecule has 148 valence electrons. The van der Waals surface area contributed by atoms with Crippen LogP contribution in [0.5, 0.6) is 0 Å². The molecule has 0 N–H and O–H groups in total. The summed E-state index contributed by atoms with van der Waals surface area (Å²) in [6, 6.07) is -0.592. The van der Waals surface area contributed by atoms with Crippen LogP contribution in [-0.4, -0.2) is 74.1 Å². The van der Waals surface area contributed by atoms with E-state index in [4.69, 9.17) is 14.2 Å². The maximum Gasteiger partial charge on any atom is 0.329 e. The van der Waals surface area contributed by atoms with Crippen LogP contribution in [0.4, 0.5) is 4.79 Å². The lowest BCUT2D eigenvalue weighted by atomic mass is 9.78. The zero-order valence-corrected chi connectivity index (χ0v) is 16.2. The Bertz CT molecular complexity index is 688. The number of urea groups is 1. The van der Waals surface area contributed by atoms with Crippen molar-refractivity contribution in [1.82, 2.24) is 9.80 Å². The van der Waals surface area contributed by atoms with Gasteiger partial charge in [0.15, 0.2) is 0 Å². The van der Waals surface area contributed by atoms with Gasteiger partial charge in [-0.05, 0) is 36.8 Å². The molecule has 2 saturated heterocycles. The van der Waals surface area contributed by atoms with Gasteiger partial charge in [0.1, 0.15) is 12.3 Å². The lowest BCUT2D eigenvalue weighted by molar-refractivity contribution is -0.140. The van der Waals surface area contributed by atoms with Crippen LogP contribution >= 0.6 is 0 Å². The van der Waals surface area contributed by atoms with Crippen molar-refractivity contribution in [2.75, 3.05) is 27.9 Å². The van der Waals surface area contributed by atoms with Gasteiger partial charge in [0.05, 0.1) is 24.7 Å². The first-order chi connectivity index (χ1) is 13.0. The van der Waals surface area contributed by atoms with Gasteiger partial charge in [-0.25, -0.2) is 4.79 Å². The predicted octanol–water partition coefficient (Wildman–Crippen LogP) is 2.08. The molecule has 0 spiro atoms. The number of amides is 3. The molecule has 27 heavy (non-hydrogen) atoms. The molecule has 0 aromatic rings. The number of hydrogen-bond acceptors (Lipinski definition) is 5. The van der Waals surface area contributed by atoms with Crippen LogP contribution in [0.3, 0.4) is 0 Å². The van der Waals surface area contributed by atoms with Crippen LogP contribution in [-0.2, 0) is 19.0 Å². The van der Waals surface area contributed by atoms with E-state index in [9.17, 15) is 9.59 Å². The Labute approximate surface area is 159 Å². The minimum absolute atomic E-state index is 0.135. The Morgan fingerprint density at radius 3 is 2.52 bits per heavy atom. The van der Waals surface area contributed by atoms with Gasteiger partial charge in [-0.15, -0.1) is 0 Å². The molecule has 3 amide bonds. The van der Waals surface area contributed by atoms with E-state index in [1.165, 1.54) is 16.0 Å². The number of rotatable bonds is 4. The third-order valence-corrected chi connectivity index (χ3v) is 6.24. The summed E-state index contributed by atoms with van der Waals surface area (Å²) in [6.45, 7) is 0.408. The molecule has 0 bridgehead atoms. The molecule has 0 aromatic heterocycles. The summed E-state index contributed by atoms with van der Waals surface area (Å²) in [5.41, 5.74) is 2.56. The summed E-state index contributed by atoms with van der Waals surface area (Å²) in [6.07, 6.45) is 8.35. The molecule has 5 atom stereocenters. The Hall–Kier alpha value is -1.70. The summed E-state index contributed by atoms with van der Waals surface area (Å²) in [5, 5.41) is 0. The van der Waals surface area contributed by atoms with Gasteiger partial charge in [0, 0.05) is 27.7 Å². The third-order valence-electron chi connectivity index (χ3n) is 6.24. The Kier molecular flexibility index (Phi) is 5.09. The second-order valence-electron chi connectivity index (χ2n) is 7.79. The minimum Gasteiger partial charge on any atom is -0.382 e. The lowest BCUT2D eigenvalue weighted by Gasteiger charge is -2.46. The lowest BCUT2D eigenvalue weighted by Crippen LogP contribution is -2.63. The van der Waals surface area contributed by atoms with Crippen molar-refractivity contribution in [3.63, 3.8) is 0 Å². The van der Waals surface area contributed by atoms with E-state index in [2.05, 4.69) is 12.2 Å². The second-order valence-corrected chi connectivity index (χ2v) is 7.79. The van der Waals surface area contributed by atoms with E-state index in [0.29, 0.717) is 13.0 Å². The fourth-order valence-electron chi connectivity index (χ4n) is 4.80. The smallest absolute Gasteiger partial charge is 0.329 e. The topological polar surface area (TPSA) is 68.3 Å². The Balaban J connectivity index is 1.65. The fourth-order valence-corrected chi connectivity index (χ4v) is 4.80. The zero-order valence-electron chi connectivity index (χ0n) is 16.2. The highest BCUT2D eigenvalue weighted by Gasteiger charge is 2.51. The van der Waals surface area contributed by atoms with E-state index in [1.807, 2.05) is 0 Å². The van der Waals surface area contributed by atoms with Crippen LogP contribution in [0.1, 0.15) is 32.1 Å². The highest BCUT2D eigenvalue weighted by atomic mass is 16.6. The number of carbonyl (C=O) groups excluding carboxylic acids is 2. The quantitative estimate of drug-likeness (QED) is 0.751. The first kappa shape index (κ1) is 18.7. The Morgan fingerprint density at radius 1 is 1.15 bits per heavy atom. The maximum absolute atomic E-state index is 13.0. The number of methoxy groups -OCH3 is 2. The van der Waals surface area contributed by atoms with Gasteiger partial charge in [-0.2, -0.15) is 0 Å². The summed E-state index contributed by atoms with van der Waals surface area (Å²) < 4.78 is 16.9. The number of nitrogens with zero attached hydrogens (tertiary/aromatic N) is 2. The third kappa shape index (κ3) is 3.11. The van der Waals surface area contributed by atoms with E-state index in [0.717, 1.165) is 25.7 Å². The van der Waals surface area contributed by atoms with Crippen molar-refractivity contribution in [1.29, 1.82) is 0 Å². The van der Waals surface area contributed by atoms with Gasteiger partial charge >= 0.3 is 6.03 Å². The standard InChI is InChI=1S/C20H28N2O5/c1-21-19(23)14-8-12-6-4-5-7-13(12)9-15(14)22(20(21)24)18-10-16(26-3)17(27-18)11-25-2/h8-9,14-18H,4-7,10-11H2,1-3H3/t14-,15+,16-,17+,18+/m0/s1. The predicted molar refractivity (Wildman–Crippen MR) is 97.9 cm³/mol. The van der Waals surface area contributed by atoms with Crippen molar-refractivity contribution >= 4 is 11.9 Å². The van der Waals surface area contributed by atoms with E-state index >= 15 is 0 Å². The molecule has 1 saturated carbocycles. The van der Waals surface area contributed by atoms with Crippen LogP contribution in [0, 0.1) is 5.92 Å². The van der Waals surface area contributed by atoms with Crippen molar-refractivity contribution < 1.29 is 23.8 Å². The molecule has 0 unspecified atom stereocenters. The van der Waals surface area contributed by atoms with Crippen molar-refractivity contribution in [3.05, 3.63) is 23.3 Å². The molecule has 4 aliphatic rings. The highest BCUT2D eigenvalue weighted by Crippen LogP contribution is 2.40. The number of hydrogen-bond donors (Lipinski definition) is 0. The van der Waals surface area contributed by atoms with Crippen LogP contribution in [0.15, 0.2) is 23.3 Å². The fraction of sp³-hybridized carbons (Fsp3) is 0.700. The first-order valence-electron chi connectivity index (χ1n) is 9.74. The second kappa shape index (κ2) is 7.37. The highest BCUT2D eigenvalue weighted by molar-refractivity contribution is 6.00. The summed E-state index contributed by atoms with van der Waals surface area (Å²) >= 11 is 0. The number of imide groups is 1. The van der Waals surface area contributed by atoms with Gasteiger partial charge in [0.2, 0.25) is 5.91 Å². The number of ether oxygens (including phenoxy) is 3. The van der Waals surface area contributed by atoms with Crippen LogP contribution in [0.2, 0.25) is 0 Å².